The first-order valence-corrected chi connectivity index (χ1v) is 6.29. The van der Waals surface area contributed by atoms with Crippen LogP contribution in [0.4, 0.5) is 0 Å². The Morgan fingerprint density at radius 1 is 1.15 bits per heavy atom. The molecule has 0 spiro atoms. The molecule has 0 aliphatic heterocycles. The molecule has 0 saturated heterocycles. The Morgan fingerprint density at radius 2 is 1.85 bits per heavy atom. The van der Waals surface area contributed by atoms with Crippen LogP contribution in [0.3, 0.4) is 0 Å². The van der Waals surface area contributed by atoms with E-state index in [1.54, 1.807) is 37.6 Å². The first-order chi connectivity index (χ1) is 9.79. The van der Waals surface area contributed by atoms with Gasteiger partial charge in [0.15, 0.2) is 0 Å². The van der Waals surface area contributed by atoms with Crippen LogP contribution in [0, 0.1) is 0 Å². The lowest BCUT2D eigenvalue weighted by atomic mass is 10.2. The molecule has 4 heteroatoms. The van der Waals surface area contributed by atoms with Crippen LogP contribution < -0.4 is 10.2 Å². The molecule has 4 nitrogen and oxygen atoms in total. The minimum Gasteiger partial charge on any atom is -0.497 e. The highest BCUT2D eigenvalue weighted by atomic mass is 16.5. The number of hydrazone groups is 1. The number of rotatable bonds is 5. The molecule has 0 aromatic heterocycles. The van der Waals surface area contributed by atoms with E-state index in [9.17, 15) is 4.79 Å². The highest BCUT2D eigenvalue weighted by molar-refractivity contribution is 5.94. The molecule has 0 bridgehead atoms. The highest BCUT2D eigenvalue weighted by Gasteiger charge is 2.03. The molecule has 0 atom stereocenters. The molecule has 0 saturated carbocycles. The molecule has 0 radical (unpaired) electrons. The molecule has 2 rings (SSSR count). The van der Waals surface area contributed by atoms with Crippen LogP contribution in [-0.2, 0) is 6.42 Å². The molecule has 1 N–H and O–H groups in total. The number of benzene rings is 2. The molecule has 0 unspecified atom stereocenters. The summed E-state index contributed by atoms with van der Waals surface area (Å²) in [5, 5.41) is 3.93. The lowest BCUT2D eigenvalue weighted by Gasteiger charge is -2.02. The van der Waals surface area contributed by atoms with Crippen LogP contribution in [-0.4, -0.2) is 19.2 Å². The lowest BCUT2D eigenvalue weighted by Crippen LogP contribution is -2.17. The molecule has 2 aromatic carbocycles. The van der Waals surface area contributed by atoms with Crippen LogP contribution in [0.25, 0.3) is 0 Å². The fourth-order valence-electron chi connectivity index (χ4n) is 1.68. The second kappa shape index (κ2) is 7.09. The first-order valence-electron chi connectivity index (χ1n) is 6.29. The van der Waals surface area contributed by atoms with E-state index in [1.807, 2.05) is 30.3 Å². The molecule has 0 fully saturated rings. The maximum atomic E-state index is 11.8. The summed E-state index contributed by atoms with van der Waals surface area (Å²) >= 11 is 0. The van der Waals surface area contributed by atoms with Crippen molar-refractivity contribution in [1.29, 1.82) is 0 Å². The summed E-state index contributed by atoms with van der Waals surface area (Å²) in [6, 6.07) is 16.8. The van der Waals surface area contributed by atoms with Crippen LogP contribution in [0.5, 0.6) is 5.75 Å². The predicted molar refractivity (Wildman–Crippen MR) is 79.1 cm³/mol. The Morgan fingerprint density at radius 3 is 2.50 bits per heavy atom. The Balaban J connectivity index is 1.85. The van der Waals surface area contributed by atoms with Gasteiger partial charge < -0.3 is 4.74 Å². The average Bonchev–Trinajstić information content (AvgIpc) is 2.52. The number of hydrogen-bond acceptors (Lipinski definition) is 3. The third kappa shape index (κ3) is 3.95. The number of ether oxygens (including phenoxy) is 1. The highest BCUT2D eigenvalue weighted by Crippen LogP contribution is 2.10. The van der Waals surface area contributed by atoms with Gasteiger partial charge in [0, 0.05) is 18.2 Å². The van der Waals surface area contributed by atoms with E-state index in [-0.39, 0.29) is 5.91 Å². The molecule has 0 heterocycles. The number of nitrogens with one attached hydrogen (secondary N) is 1. The zero-order valence-electron chi connectivity index (χ0n) is 11.2. The first kappa shape index (κ1) is 13.8. The number of carbonyl (C=O) groups excluding carboxylic acids is 1. The maximum absolute atomic E-state index is 11.8. The Kier molecular flexibility index (Phi) is 4.89. The molecule has 2 aromatic rings. The van der Waals surface area contributed by atoms with E-state index < -0.39 is 0 Å². The van der Waals surface area contributed by atoms with Crippen LogP contribution >= 0.6 is 0 Å². The van der Waals surface area contributed by atoms with Gasteiger partial charge >= 0.3 is 0 Å². The van der Waals surface area contributed by atoms with Crippen molar-refractivity contribution >= 4 is 12.1 Å². The monoisotopic (exact) mass is 268 g/mol. The number of carbonyl (C=O) groups is 1. The maximum Gasteiger partial charge on any atom is 0.271 e. The number of nitrogens with zero attached hydrogens (tertiary/aromatic N) is 1. The minimum absolute atomic E-state index is 0.239. The molecule has 102 valence electrons. The molecule has 1 amide bonds. The molecular weight excluding hydrogens is 252 g/mol. The summed E-state index contributed by atoms with van der Waals surface area (Å²) in [6.07, 6.45) is 2.36. The molecule has 20 heavy (non-hydrogen) atoms. The number of methoxy groups -OCH3 is 1. The Hall–Kier alpha value is -2.62. The quantitative estimate of drug-likeness (QED) is 0.669. The SMILES string of the molecule is COc1ccc(C(=O)NN=CCc2ccccc2)cc1. The van der Waals surface area contributed by atoms with Crippen molar-refractivity contribution in [2.75, 3.05) is 7.11 Å². The van der Waals surface area contributed by atoms with Crippen LogP contribution in [0.15, 0.2) is 59.7 Å². The van der Waals surface area contributed by atoms with E-state index in [2.05, 4.69) is 10.5 Å². The van der Waals surface area contributed by atoms with Crippen molar-refractivity contribution in [3.63, 3.8) is 0 Å². The van der Waals surface area contributed by atoms with Crippen LogP contribution in [0.2, 0.25) is 0 Å². The summed E-state index contributed by atoms with van der Waals surface area (Å²) in [4.78, 5) is 11.8. The number of amides is 1. The molecule has 0 aliphatic rings. The van der Waals surface area contributed by atoms with Gasteiger partial charge in [0.2, 0.25) is 0 Å². The lowest BCUT2D eigenvalue weighted by molar-refractivity contribution is 0.0955. The second-order valence-electron chi connectivity index (χ2n) is 4.17. The Bertz CT molecular complexity index is 577. The van der Waals surface area contributed by atoms with Gasteiger partial charge in [-0.1, -0.05) is 30.3 Å². The third-order valence-corrected chi connectivity index (χ3v) is 2.78. The van der Waals surface area contributed by atoms with Crippen molar-refractivity contribution in [3.05, 3.63) is 65.7 Å². The minimum atomic E-state index is -0.239. The van der Waals surface area contributed by atoms with E-state index in [4.69, 9.17) is 4.74 Å². The Labute approximate surface area is 118 Å². The van der Waals surface area contributed by atoms with E-state index in [1.165, 1.54) is 0 Å². The van der Waals surface area contributed by atoms with Gasteiger partial charge in [-0.15, -0.1) is 0 Å². The van der Waals surface area contributed by atoms with Crippen molar-refractivity contribution in [1.82, 2.24) is 5.43 Å². The summed E-state index contributed by atoms with van der Waals surface area (Å²) in [5.74, 6) is 0.478. The van der Waals surface area contributed by atoms with Gasteiger partial charge in [0.1, 0.15) is 5.75 Å². The second-order valence-corrected chi connectivity index (χ2v) is 4.17. The summed E-state index contributed by atoms with van der Waals surface area (Å²) < 4.78 is 5.04. The predicted octanol–water partition coefficient (Wildman–Crippen LogP) is 2.65. The molecular formula is C16H16N2O2. The fourth-order valence-corrected chi connectivity index (χ4v) is 1.68. The van der Waals surface area contributed by atoms with Gasteiger partial charge in [-0.25, -0.2) is 5.43 Å². The summed E-state index contributed by atoms with van der Waals surface area (Å²) in [6.45, 7) is 0. The van der Waals surface area contributed by atoms with Gasteiger partial charge in [-0.2, -0.15) is 5.10 Å². The van der Waals surface area contributed by atoms with E-state index >= 15 is 0 Å². The van der Waals surface area contributed by atoms with Gasteiger partial charge in [-0.3, -0.25) is 4.79 Å². The zero-order valence-corrected chi connectivity index (χ0v) is 11.2. The van der Waals surface area contributed by atoms with Crippen LogP contribution in [0.1, 0.15) is 15.9 Å². The summed E-state index contributed by atoms with van der Waals surface area (Å²) in [5.41, 5.74) is 4.19. The zero-order chi connectivity index (χ0) is 14.2. The number of hydrogen-bond donors (Lipinski definition) is 1. The van der Waals surface area contributed by atoms with Gasteiger partial charge in [-0.05, 0) is 29.8 Å². The molecule has 0 aliphatic carbocycles. The van der Waals surface area contributed by atoms with Crippen molar-refractivity contribution in [2.45, 2.75) is 6.42 Å². The smallest absolute Gasteiger partial charge is 0.271 e. The van der Waals surface area contributed by atoms with Crippen molar-refractivity contribution in [2.24, 2.45) is 5.10 Å². The van der Waals surface area contributed by atoms with Gasteiger partial charge in [0.25, 0.3) is 5.91 Å². The van der Waals surface area contributed by atoms with Crippen molar-refractivity contribution in [3.8, 4) is 5.75 Å². The standard InChI is InChI=1S/C16H16N2O2/c1-20-15-9-7-14(8-10-15)16(19)18-17-12-11-13-5-3-2-4-6-13/h2-10,12H,11H2,1H3,(H,18,19). The summed E-state index contributed by atoms with van der Waals surface area (Å²) in [7, 11) is 1.59. The average molecular weight is 268 g/mol. The fraction of sp³-hybridized carbons (Fsp3) is 0.125. The third-order valence-electron chi connectivity index (χ3n) is 2.78. The van der Waals surface area contributed by atoms with E-state index in [0.29, 0.717) is 17.7 Å². The normalized spacial score (nSPS) is 10.4. The van der Waals surface area contributed by atoms with E-state index in [0.717, 1.165) is 5.56 Å². The van der Waals surface area contributed by atoms with Gasteiger partial charge in [0.05, 0.1) is 7.11 Å². The topological polar surface area (TPSA) is 50.7 Å². The largest absolute Gasteiger partial charge is 0.497 e. The van der Waals surface area contributed by atoms with Crippen molar-refractivity contribution < 1.29 is 9.53 Å².